The lowest BCUT2D eigenvalue weighted by molar-refractivity contribution is -0.119. The molecule has 0 radical (unpaired) electrons. The van der Waals surface area contributed by atoms with Crippen molar-refractivity contribution in [2.75, 3.05) is 0 Å². The van der Waals surface area contributed by atoms with Gasteiger partial charge in [0, 0.05) is 0 Å². The van der Waals surface area contributed by atoms with E-state index >= 15 is 0 Å². The minimum absolute atomic E-state index is 0.00245. The number of carbonyl (C=O) groups excluding carboxylic acids is 1. The zero-order chi connectivity index (χ0) is 9.90. The molecular weight excluding hydrogens is 164 g/mol. The predicted molar refractivity (Wildman–Crippen MR) is 52.3 cm³/mol. The zero-order valence-electron chi connectivity index (χ0n) is 8.16. The van der Waals surface area contributed by atoms with Crippen molar-refractivity contribution in [1.82, 2.24) is 0 Å². The second kappa shape index (κ2) is 3.88. The number of rotatable bonds is 3. The quantitative estimate of drug-likeness (QED) is 0.673. The maximum absolute atomic E-state index is 11.3. The van der Waals surface area contributed by atoms with Crippen molar-refractivity contribution < 1.29 is 9.90 Å². The fraction of sp³-hybridized carbons (Fsp3) is 0.545. The Morgan fingerprint density at radius 2 is 2.38 bits per heavy atom. The average Bonchev–Trinajstić information content (AvgIpc) is 2.31. The van der Waals surface area contributed by atoms with Crippen molar-refractivity contribution in [2.24, 2.45) is 5.92 Å². The second-order valence-electron chi connectivity index (χ2n) is 3.66. The SMILES string of the molecule is CCC/C=C/C1C(=O)C=CC1(C)O. The molecule has 2 heteroatoms. The molecule has 13 heavy (non-hydrogen) atoms. The number of unbranched alkanes of at least 4 members (excludes halogenated alkanes) is 1. The molecule has 0 aromatic carbocycles. The van der Waals surface area contributed by atoms with Crippen LogP contribution >= 0.6 is 0 Å². The monoisotopic (exact) mass is 180 g/mol. The Balaban J connectivity index is 2.64. The highest BCUT2D eigenvalue weighted by molar-refractivity contribution is 5.97. The Morgan fingerprint density at radius 3 is 2.85 bits per heavy atom. The fourth-order valence-corrected chi connectivity index (χ4v) is 1.43. The molecule has 2 unspecified atom stereocenters. The number of aliphatic hydroxyl groups is 1. The van der Waals surface area contributed by atoms with E-state index in [1.54, 1.807) is 13.0 Å². The Bertz CT molecular complexity index is 249. The van der Waals surface area contributed by atoms with Gasteiger partial charge in [0.15, 0.2) is 5.78 Å². The molecule has 1 aliphatic rings. The normalized spacial score (nSPS) is 33.5. The van der Waals surface area contributed by atoms with Gasteiger partial charge >= 0.3 is 0 Å². The van der Waals surface area contributed by atoms with Crippen LogP contribution in [0.4, 0.5) is 0 Å². The van der Waals surface area contributed by atoms with Gasteiger partial charge in [-0.3, -0.25) is 4.79 Å². The van der Waals surface area contributed by atoms with E-state index in [1.807, 2.05) is 12.2 Å². The van der Waals surface area contributed by atoms with Gasteiger partial charge in [0.2, 0.25) is 0 Å². The van der Waals surface area contributed by atoms with Gasteiger partial charge in [-0.05, 0) is 25.5 Å². The summed E-state index contributed by atoms with van der Waals surface area (Å²) in [6.07, 6.45) is 8.82. The molecule has 0 aromatic heterocycles. The Labute approximate surface area is 79.0 Å². The second-order valence-corrected chi connectivity index (χ2v) is 3.66. The summed E-state index contributed by atoms with van der Waals surface area (Å²) in [5.74, 6) is -0.378. The molecule has 72 valence electrons. The number of hydrogen-bond donors (Lipinski definition) is 1. The summed E-state index contributed by atoms with van der Waals surface area (Å²) in [6.45, 7) is 3.74. The van der Waals surface area contributed by atoms with Gasteiger partial charge < -0.3 is 5.11 Å². The molecule has 2 atom stereocenters. The maximum atomic E-state index is 11.3. The van der Waals surface area contributed by atoms with Crippen LogP contribution in [-0.2, 0) is 4.79 Å². The molecular formula is C11H16O2. The molecule has 1 aliphatic carbocycles. The van der Waals surface area contributed by atoms with Crippen LogP contribution in [0.25, 0.3) is 0 Å². The molecule has 1 rings (SSSR count). The minimum Gasteiger partial charge on any atom is -0.385 e. The molecule has 0 spiro atoms. The summed E-state index contributed by atoms with van der Waals surface area (Å²) >= 11 is 0. The van der Waals surface area contributed by atoms with Gasteiger partial charge in [0.1, 0.15) is 0 Å². The molecule has 0 amide bonds. The summed E-state index contributed by atoms with van der Waals surface area (Å²) < 4.78 is 0. The number of hydrogen-bond acceptors (Lipinski definition) is 2. The molecule has 0 bridgehead atoms. The third-order valence-electron chi connectivity index (χ3n) is 2.31. The molecule has 0 saturated heterocycles. The largest absolute Gasteiger partial charge is 0.385 e. The van der Waals surface area contributed by atoms with E-state index in [0.717, 1.165) is 12.8 Å². The van der Waals surface area contributed by atoms with Crippen LogP contribution in [0.5, 0.6) is 0 Å². The molecule has 0 aliphatic heterocycles. The van der Waals surface area contributed by atoms with Crippen LogP contribution in [0.3, 0.4) is 0 Å². The lowest BCUT2D eigenvalue weighted by Crippen LogP contribution is -2.30. The minimum atomic E-state index is -0.985. The predicted octanol–water partition coefficient (Wildman–Crippen LogP) is 1.85. The fourth-order valence-electron chi connectivity index (χ4n) is 1.43. The van der Waals surface area contributed by atoms with Gasteiger partial charge in [0.25, 0.3) is 0 Å². The lowest BCUT2D eigenvalue weighted by Gasteiger charge is -2.20. The summed E-state index contributed by atoms with van der Waals surface area (Å²) in [7, 11) is 0. The third-order valence-corrected chi connectivity index (χ3v) is 2.31. The standard InChI is InChI=1S/C11H16O2/c1-3-4-5-6-9-10(12)7-8-11(9,2)13/h5-9,13H,3-4H2,1-2H3/b6-5+. The summed E-state index contributed by atoms with van der Waals surface area (Å²) in [5.41, 5.74) is -0.985. The Morgan fingerprint density at radius 1 is 1.69 bits per heavy atom. The highest BCUT2D eigenvalue weighted by atomic mass is 16.3. The third kappa shape index (κ3) is 2.28. The highest BCUT2D eigenvalue weighted by Crippen LogP contribution is 2.27. The van der Waals surface area contributed by atoms with E-state index < -0.39 is 5.60 Å². The molecule has 1 N–H and O–H groups in total. The molecule has 2 nitrogen and oxygen atoms in total. The van der Waals surface area contributed by atoms with E-state index in [-0.39, 0.29) is 11.7 Å². The molecule has 0 fully saturated rings. The van der Waals surface area contributed by atoms with Crippen LogP contribution in [0.15, 0.2) is 24.3 Å². The van der Waals surface area contributed by atoms with Crippen molar-refractivity contribution in [3.8, 4) is 0 Å². The Hall–Kier alpha value is -0.890. The first-order valence-corrected chi connectivity index (χ1v) is 4.70. The van der Waals surface area contributed by atoms with E-state index in [4.69, 9.17) is 0 Å². The summed E-state index contributed by atoms with van der Waals surface area (Å²) in [6, 6.07) is 0. The highest BCUT2D eigenvalue weighted by Gasteiger charge is 2.36. The first kappa shape index (κ1) is 10.2. The first-order valence-electron chi connectivity index (χ1n) is 4.70. The van der Waals surface area contributed by atoms with Crippen LogP contribution < -0.4 is 0 Å². The van der Waals surface area contributed by atoms with Crippen LogP contribution in [0.1, 0.15) is 26.7 Å². The maximum Gasteiger partial charge on any atom is 0.165 e. The molecule has 0 aromatic rings. The van der Waals surface area contributed by atoms with E-state index in [2.05, 4.69) is 6.92 Å². The van der Waals surface area contributed by atoms with E-state index in [9.17, 15) is 9.90 Å². The lowest BCUT2D eigenvalue weighted by atomic mass is 9.91. The molecule has 0 heterocycles. The molecule has 0 saturated carbocycles. The van der Waals surface area contributed by atoms with E-state index in [0.29, 0.717) is 0 Å². The topological polar surface area (TPSA) is 37.3 Å². The number of allylic oxidation sites excluding steroid dienone is 2. The van der Waals surface area contributed by atoms with E-state index in [1.165, 1.54) is 6.08 Å². The summed E-state index contributed by atoms with van der Waals surface area (Å²) in [4.78, 5) is 11.3. The van der Waals surface area contributed by atoms with Gasteiger partial charge in [-0.25, -0.2) is 0 Å². The Kier molecular flexibility index (Phi) is 3.04. The number of ketones is 1. The van der Waals surface area contributed by atoms with Crippen LogP contribution in [0, 0.1) is 5.92 Å². The van der Waals surface area contributed by atoms with Gasteiger partial charge in [-0.1, -0.05) is 25.5 Å². The smallest absolute Gasteiger partial charge is 0.165 e. The van der Waals surface area contributed by atoms with Crippen molar-refractivity contribution in [2.45, 2.75) is 32.3 Å². The first-order chi connectivity index (χ1) is 6.08. The van der Waals surface area contributed by atoms with Crippen molar-refractivity contribution in [3.63, 3.8) is 0 Å². The van der Waals surface area contributed by atoms with Gasteiger partial charge in [-0.15, -0.1) is 0 Å². The summed E-state index contributed by atoms with van der Waals surface area (Å²) in [5, 5.41) is 9.77. The van der Waals surface area contributed by atoms with Crippen LogP contribution in [0.2, 0.25) is 0 Å². The average molecular weight is 180 g/mol. The van der Waals surface area contributed by atoms with Gasteiger partial charge in [-0.2, -0.15) is 0 Å². The van der Waals surface area contributed by atoms with Crippen molar-refractivity contribution >= 4 is 5.78 Å². The zero-order valence-corrected chi connectivity index (χ0v) is 8.16. The van der Waals surface area contributed by atoms with Gasteiger partial charge in [0.05, 0.1) is 11.5 Å². The van der Waals surface area contributed by atoms with Crippen LogP contribution in [-0.4, -0.2) is 16.5 Å². The van der Waals surface area contributed by atoms with Crippen molar-refractivity contribution in [3.05, 3.63) is 24.3 Å². The van der Waals surface area contributed by atoms with Crippen molar-refractivity contribution in [1.29, 1.82) is 0 Å². The number of carbonyl (C=O) groups is 1.